The third kappa shape index (κ3) is 1.91. The quantitative estimate of drug-likeness (QED) is 0.528. The Bertz CT molecular complexity index is 903. The molecular formula is C10H5BrN6S3. The number of hydrogen-bond acceptors (Lipinski definition) is 8. The van der Waals surface area contributed by atoms with Gasteiger partial charge in [0.2, 0.25) is 4.96 Å². The van der Waals surface area contributed by atoms with Gasteiger partial charge in [0.05, 0.1) is 14.4 Å². The molecule has 4 heterocycles. The highest BCUT2D eigenvalue weighted by Gasteiger charge is 2.18. The minimum atomic E-state index is 0.758. The summed E-state index contributed by atoms with van der Waals surface area (Å²) < 4.78 is 6.78. The average molecular weight is 385 g/mol. The predicted molar refractivity (Wildman–Crippen MR) is 83.3 cm³/mol. The van der Waals surface area contributed by atoms with Crippen LogP contribution in [0.2, 0.25) is 0 Å². The molecule has 0 fully saturated rings. The van der Waals surface area contributed by atoms with Gasteiger partial charge in [-0.05, 0) is 46.5 Å². The largest absolute Gasteiger partial charge is 0.235 e. The molecule has 0 saturated carbocycles. The van der Waals surface area contributed by atoms with Gasteiger partial charge in [-0.15, -0.1) is 26.6 Å². The Balaban J connectivity index is 1.89. The van der Waals surface area contributed by atoms with Gasteiger partial charge in [-0.2, -0.15) is 9.61 Å². The van der Waals surface area contributed by atoms with Crippen molar-refractivity contribution < 1.29 is 0 Å². The summed E-state index contributed by atoms with van der Waals surface area (Å²) in [5.41, 5.74) is 0.889. The second-order valence-corrected chi connectivity index (χ2v) is 8.09. The fraction of sp³-hybridized carbons (Fsp3) is 0.100. The molecule has 0 aliphatic rings. The molecule has 0 bridgehead atoms. The molecule has 0 aliphatic heterocycles. The molecule has 6 nitrogen and oxygen atoms in total. The maximum Gasteiger partial charge on any atom is 0.235 e. The van der Waals surface area contributed by atoms with Gasteiger partial charge in [0.25, 0.3) is 0 Å². The molecule has 10 heteroatoms. The summed E-state index contributed by atoms with van der Waals surface area (Å²) in [6.07, 6.45) is 0. The van der Waals surface area contributed by atoms with E-state index >= 15 is 0 Å². The van der Waals surface area contributed by atoms with Gasteiger partial charge in [0, 0.05) is 0 Å². The highest BCUT2D eigenvalue weighted by atomic mass is 79.9. The summed E-state index contributed by atoms with van der Waals surface area (Å²) in [6.45, 7) is 1.93. The lowest BCUT2D eigenvalue weighted by molar-refractivity contribution is 0.973. The Morgan fingerprint density at radius 2 is 2.05 bits per heavy atom. The number of aryl methyl sites for hydroxylation is 1. The van der Waals surface area contributed by atoms with Crippen molar-refractivity contribution in [2.24, 2.45) is 0 Å². The van der Waals surface area contributed by atoms with Crippen LogP contribution in [0.3, 0.4) is 0 Å². The summed E-state index contributed by atoms with van der Waals surface area (Å²) in [5.74, 6) is 0.758. The lowest BCUT2D eigenvalue weighted by Crippen LogP contribution is -1.88. The van der Waals surface area contributed by atoms with E-state index in [4.69, 9.17) is 0 Å². The highest BCUT2D eigenvalue weighted by molar-refractivity contribution is 9.11. The molecule has 100 valence electrons. The summed E-state index contributed by atoms with van der Waals surface area (Å²) >= 11 is 7.90. The first-order chi connectivity index (χ1) is 9.72. The van der Waals surface area contributed by atoms with Crippen molar-refractivity contribution in [3.05, 3.63) is 21.6 Å². The Kier molecular flexibility index (Phi) is 2.91. The van der Waals surface area contributed by atoms with Crippen molar-refractivity contribution in [1.29, 1.82) is 0 Å². The molecule has 0 spiro atoms. The van der Waals surface area contributed by atoms with E-state index in [2.05, 4.69) is 40.8 Å². The molecule has 4 rings (SSSR count). The molecule has 0 unspecified atom stereocenters. The van der Waals surface area contributed by atoms with Gasteiger partial charge in [-0.1, -0.05) is 15.8 Å². The predicted octanol–water partition coefficient (Wildman–Crippen LogP) is 3.50. The van der Waals surface area contributed by atoms with E-state index in [1.807, 2.05) is 19.1 Å². The minimum absolute atomic E-state index is 0.758. The number of hydrogen-bond donors (Lipinski definition) is 0. The molecule has 0 amide bonds. The molecule has 0 N–H and O–H groups in total. The van der Waals surface area contributed by atoms with Crippen molar-refractivity contribution in [3.63, 3.8) is 0 Å². The fourth-order valence-corrected chi connectivity index (χ4v) is 4.69. The monoisotopic (exact) mass is 384 g/mol. The van der Waals surface area contributed by atoms with Crippen LogP contribution < -0.4 is 0 Å². The lowest BCUT2D eigenvalue weighted by Gasteiger charge is -1.91. The summed E-state index contributed by atoms with van der Waals surface area (Å²) in [7, 11) is 0. The Morgan fingerprint density at radius 3 is 2.75 bits per heavy atom. The molecule has 4 aromatic rings. The van der Waals surface area contributed by atoms with Crippen molar-refractivity contribution in [3.8, 4) is 20.6 Å². The van der Waals surface area contributed by atoms with Crippen LogP contribution in [-0.4, -0.2) is 29.4 Å². The van der Waals surface area contributed by atoms with E-state index in [-0.39, 0.29) is 0 Å². The van der Waals surface area contributed by atoms with E-state index in [1.54, 1.807) is 15.9 Å². The molecule has 0 aliphatic carbocycles. The number of fused-ring (bicyclic) bond motifs is 1. The zero-order valence-corrected chi connectivity index (χ0v) is 14.0. The van der Waals surface area contributed by atoms with E-state index in [0.29, 0.717) is 0 Å². The second-order valence-electron chi connectivity index (χ2n) is 3.92. The van der Waals surface area contributed by atoms with Crippen LogP contribution >= 0.6 is 50.1 Å². The number of rotatable bonds is 2. The van der Waals surface area contributed by atoms with Gasteiger partial charge >= 0.3 is 0 Å². The highest BCUT2D eigenvalue weighted by Crippen LogP contribution is 2.34. The standard InChI is InChI=1S/C10H5BrN6S3/c1-4-7(20-16-12-4)9-15-17-8(13-14-10(17)19-9)5-2-3-6(11)18-5/h2-3H,1H3. The van der Waals surface area contributed by atoms with E-state index in [9.17, 15) is 0 Å². The van der Waals surface area contributed by atoms with Gasteiger partial charge in [-0.25, -0.2) is 0 Å². The van der Waals surface area contributed by atoms with E-state index in [0.717, 1.165) is 35.0 Å². The number of thiophene rings is 1. The topological polar surface area (TPSA) is 68.9 Å². The van der Waals surface area contributed by atoms with Gasteiger partial charge < -0.3 is 0 Å². The maximum atomic E-state index is 4.59. The second kappa shape index (κ2) is 4.65. The number of nitrogens with zero attached hydrogens (tertiary/aromatic N) is 6. The Labute approximate surface area is 133 Å². The smallest absolute Gasteiger partial charge is 0.181 e. The molecule has 0 saturated heterocycles. The van der Waals surface area contributed by atoms with Crippen LogP contribution in [0.25, 0.3) is 25.5 Å². The minimum Gasteiger partial charge on any atom is -0.181 e. The van der Waals surface area contributed by atoms with Crippen LogP contribution in [0.4, 0.5) is 0 Å². The van der Waals surface area contributed by atoms with E-state index < -0.39 is 0 Å². The molecule has 0 radical (unpaired) electrons. The zero-order valence-electron chi connectivity index (χ0n) is 9.94. The zero-order chi connectivity index (χ0) is 13.7. The normalized spacial score (nSPS) is 11.5. The Morgan fingerprint density at radius 1 is 1.15 bits per heavy atom. The molecular weight excluding hydrogens is 380 g/mol. The van der Waals surface area contributed by atoms with Crippen LogP contribution in [0.5, 0.6) is 0 Å². The van der Waals surface area contributed by atoms with Gasteiger partial charge in [-0.3, -0.25) is 0 Å². The first-order valence-electron chi connectivity index (χ1n) is 5.49. The third-order valence-corrected chi connectivity index (χ3v) is 6.13. The lowest BCUT2D eigenvalue weighted by atomic mass is 10.4. The van der Waals surface area contributed by atoms with Crippen molar-refractivity contribution in [2.75, 3.05) is 0 Å². The van der Waals surface area contributed by atoms with Crippen molar-refractivity contribution in [2.45, 2.75) is 6.92 Å². The van der Waals surface area contributed by atoms with Crippen molar-refractivity contribution in [1.82, 2.24) is 29.4 Å². The Hall–Kier alpha value is -1.23. The summed E-state index contributed by atoms with van der Waals surface area (Å²) in [5, 5.41) is 17.9. The molecule has 0 aromatic carbocycles. The molecule has 0 atom stereocenters. The maximum absolute atomic E-state index is 4.59. The van der Waals surface area contributed by atoms with Crippen LogP contribution in [-0.2, 0) is 0 Å². The molecule has 4 aromatic heterocycles. The van der Waals surface area contributed by atoms with E-state index in [1.165, 1.54) is 22.9 Å². The first-order valence-corrected chi connectivity index (χ1v) is 8.69. The fourth-order valence-electron chi connectivity index (χ4n) is 1.72. The van der Waals surface area contributed by atoms with Crippen LogP contribution in [0.15, 0.2) is 15.9 Å². The number of halogens is 1. The first kappa shape index (κ1) is 12.5. The third-order valence-electron chi connectivity index (χ3n) is 2.63. The summed E-state index contributed by atoms with van der Waals surface area (Å²) in [4.78, 5) is 2.78. The van der Waals surface area contributed by atoms with Crippen LogP contribution in [0.1, 0.15) is 5.69 Å². The van der Waals surface area contributed by atoms with Gasteiger partial charge in [0.1, 0.15) is 4.88 Å². The average Bonchev–Trinajstić information content (AvgIpc) is 3.11. The van der Waals surface area contributed by atoms with Gasteiger partial charge in [0.15, 0.2) is 10.8 Å². The number of aromatic nitrogens is 6. The molecule has 20 heavy (non-hydrogen) atoms. The van der Waals surface area contributed by atoms with Crippen molar-refractivity contribution >= 4 is 55.1 Å². The SMILES string of the molecule is Cc1nnsc1-c1nn2c(-c3ccc(Br)s3)nnc2s1. The summed E-state index contributed by atoms with van der Waals surface area (Å²) in [6, 6.07) is 4.00. The van der Waals surface area contributed by atoms with Crippen LogP contribution in [0, 0.1) is 6.92 Å².